The lowest BCUT2D eigenvalue weighted by molar-refractivity contribution is 0.589. The minimum atomic E-state index is 0.245. The standard InChI is InChI=1S/C13H19N/c1-13(2,3)10-6-4-5-9(7-10)11-8-12(11)14/h4-7,11-12H,8,14H2,1-3H3/t11-,12+/m0/s1. The number of rotatable bonds is 1. The molecule has 0 unspecified atom stereocenters. The molecule has 1 aromatic carbocycles. The Bertz CT molecular complexity index is 335. The van der Waals surface area contributed by atoms with Gasteiger partial charge in [0.05, 0.1) is 0 Å². The van der Waals surface area contributed by atoms with Gasteiger partial charge in [-0.05, 0) is 23.0 Å². The molecule has 76 valence electrons. The van der Waals surface area contributed by atoms with Gasteiger partial charge in [0, 0.05) is 12.0 Å². The van der Waals surface area contributed by atoms with Gasteiger partial charge in [0.25, 0.3) is 0 Å². The maximum Gasteiger partial charge on any atom is 0.0115 e. The molecule has 0 amide bonds. The van der Waals surface area contributed by atoms with E-state index >= 15 is 0 Å². The molecule has 1 saturated carbocycles. The van der Waals surface area contributed by atoms with Crippen molar-refractivity contribution in [1.29, 1.82) is 0 Å². The predicted octanol–water partition coefficient (Wildman–Crippen LogP) is 2.80. The Morgan fingerprint density at radius 3 is 2.43 bits per heavy atom. The topological polar surface area (TPSA) is 26.0 Å². The van der Waals surface area contributed by atoms with Crippen molar-refractivity contribution >= 4 is 0 Å². The van der Waals surface area contributed by atoms with Crippen LogP contribution < -0.4 is 5.73 Å². The van der Waals surface area contributed by atoms with Crippen LogP contribution in [0.5, 0.6) is 0 Å². The highest BCUT2D eigenvalue weighted by atomic mass is 14.7. The Balaban J connectivity index is 2.28. The molecule has 0 saturated heterocycles. The first-order valence-corrected chi connectivity index (χ1v) is 5.34. The smallest absolute Gasteiger partial charge is 0.0115 e. The van der Waals surface area contributed by atoms with Gasteiger partial charge in [-0.25, -0.2) is 0 Å². The highest BCUT2D eigenvalue weighted by Gasteiger charge is 2.35. The predicted molar refractivity (Wildman–Crippen MR) is 60.5 cm³/mol. The molecule has 0 aromatic heterocycles. The van der Waals surface area contributed by atoms with Crippen LogP contribution in [0.3, 0.4) is 0 Å². The van der Waals surface area contributed by atoms with Gasteiger partial charge in [-0.1, -0.05) is 45.0 Å². The van der Waals surface area contributed by atoms with Crippen molar-refractivity contribution in [2.24, 2.45) is 5.73 Å². The van der Waals surface area contributed by atoms with Crippen LogP contribution in [0.1, 0.15) is 44.2 Å². The zero-order valence-corrected chi connectivity index (χ0v) is 9.25. The van der Waals surface area contributed by atoms with Gasteiger partial charge in [0.15, 0.2) is 0 Å². The molecule has 0 bridgehead atoms. The van der Waals surface area contributed by atoms with E-state index in [1.165, 1.54) is 11.1 Å². The van der Waals surface area contributed by atoms with Crippen molar-refractivity contribution in [2.45, 2.75) is 44.6 Å². The summed E-state index contributed by atoms with van der Waals surface area (Å²) in [5, 5.41) is 0. The third-order valence-electron chi connectivity index (χ3n) is 3.02. The highest BCUT2D eigenvalue weighted by Crippen LogP contribution is 2.40. The van der Waals surface area contributed by atoms with E-state index in [0.29, 0.717) is 12.0 Å². The van der Waals surface area contributed by atoms with E-state index in [1.54, 1.807) is 0 Å². The average molecular weight is 189 g/mol. The van der Waals surface area contributed by atoms with E-state index in [1.807, 2.05) is 0 Å². The summed E-state index contributed by atoms with van der Waals surface area (Å²) in [7, 11) is 0. The first kappa shape index (κ1) is 9.72. The highest BCUT2D eigenvalue weighted by molar-refractivity contribution is 5.34. The Morgan fingerprint density at radius 1 is 1.29 bits per heavy atom. The molecule has 0 heterocycles. The Morgan fingerprint density at radius 2 is 1.93 bits per heavy atom. The second kappa shape index (κ2) is 3.09. The van der Waals surface area contributed by atoms with Crippen molar-refractivity contribution in [3.05, 3.63) is 35.4 Å². The van der Waals surface area contributed by atoms with Gasteiger partial charge in [0.1, 0.15) is 0 Å². The minimum Gasteiger partial charge on any atom is -0.327 e. The Kier molecular flexibility index (Phi) is 2.15. The summed E-state index contributed by atoms with van der Waals surface area (Å²) in [6, 6.07) is 9.29. The summed E-state index contributed by atoms with van der Waals surface area (Å²) < 4.78 is 0. The summed E-state index contributed by atoms with van der Waals surface area (Å²) in [6.45, 7) is 6.75. The van der Waals surface area contributed by atoms with Crippen LogP contribution in [0.25, 0.3) is 0 Å². The molecule has 2 atom stereocenters. The fourth-order valence-electron chi connectivity index (χ4n) is 1.83. The Labute approximate surface area is 86.3 Å². The molecule has 2 rings (SSSR count). The van der Waals surface area contributed by atoms with Crippen molar-refractivity contribution < 1.29 is 0 Å². The molecular formula is C13H19N. The van der Waals surface area contributed by atoms with Crippen molar-refractivity contribution in [3.8, 4) is 0 Å². The van der Waals surface area contributed by atoms with Crippen LogP contribution in [-0.2, 0) is 5.41 Å². The maximum atomic E-state index is 5.86. The summed E-state index contributed by atoms with van der Waals surface area (Å²) in [4.78, 5) is 0. The van der Waals surface area contributed by atoms with Gasteiger partial charge in [-0.2, -0.15) is 0 Å². The van der Waals surface area contributed by atoms with E-state index in [4.69, 9.17) is 5.73 Å². The minimum absolute atomic E-state index is 0.245. The van der Waals surface area contributed by atoms with Gasteiger partial charge in [0.2, 0.25) is 0 Å². The van der Waals surface area contributed by atoms with E-state index in [9.17, 15) is 0 Å². The summed E-state index contributed by atoms with van der Waals surface area (Å²) in [6.07, 6.45) is 1.16. The van der Waals surface area contributed by atoms with E-state index in [2.05, 4.69) is 45.0 Å². The molecule has 1 heteroatoms. The lowest BCUT2D eigenvalue weighted by atomic mass is 9.86. The first-order chi connectivity index (χ1) is 6.48. The quantitative estimate of drug-likeness (QED) is 0.722. The van der Waals surface area contributed by atoms with Crippen LogP contribution >= 0.6 is 0 Å². The number of nitrogens with two attached hydrogens (primary N) is 1. The fraction of sp³-hybridized carbons (Fsp3) is 0.538. The van der Waals surface area contributed by atoms with E-state index in [0.717, 1.165) is 6.42 Å². The number of hydrogen-bond acceptors (Lipinski definition) is 1. The van der Waals surface area contributed by atoms with E-state index < -0.39 is 0 Å². The first-order valence-electron chi connectivity index (χ1n) is 5.34. The van der Waals surface area contributed by atoms with Crippen molar-refractivity contribution in [1.82, 2.24) is 0 Å². The molecule has 1 fully saturated rings. The van der Waals surface area contributed by atoms with Crippen LogP contribution in [-0.4, -0.2) is 6.04 Å². The lowest BCUT2D eigenvalue weighted by Gasteiger charge is -2.19. The number of hydrogen-bond donors (Lipinski definition) is 1. The zero-order valence-electron chi connectivity index (χ0n) is 9.25. The monoisotopic (exact) mass is 189 g/mol. The lowest BCUT2D eigenvalue weighted by Crippen LogP contribution is -2.11. The summed E-state index contributed by atoms with van der Waals surface area (Å²) in [5.41, 5.74) is 8.94. The molecule has 0 aliphatic heterocycles. The second-order valence-corrected chi connectivity index (χ2v) is 5.38. The van der Waals surface area contributed by atoms with Crippen LogP contribution in [0.15, 0.2) is 24.3 Å². The molecule has 14 heavy (non-hydrogen) atoms. The van der Waals surface area contributed by atoms with Crippen LogP contribution in [0.2, 0.25) is 0 Å². The van der Waals surface area contributed by atoms with Gasteiger partial charge in [-0.15, -0.1) is 0 Å². The molecule has 1 aliphatic rings. The molecule has 0 radical (unpaired) electrons. The molecule has 1 aromatic rings. The van der Waals surface area contributed by atoms with E-state index in [-0.39, 0.29) is 5.41 Å². The summed E-state index contributed by atoms with van der Waals surface area (Å²) in [5.74, 6) is 0.622. The zero-order chi connectivity index (χ0) is 10.3. The second-order valence-electron chi connectivity index (χ2n) is 5.38. The van der Waals surface area contributed by atoms with Crippen LogP contribution in [0, 0.1) is 0 Å². The van der Waals surface area contributed by atoms with Gasteiger partial charge in [-0.3, -0.25) is 0 Å². The average Bonchev–Trinajstić information content (AvgIpc) is 2.82. The summed E-state index contributed by atoms with van der Waals surface area (Å²) >= 11 is 0. The van der Waals surface area contributed by atoms with Crippen molar-refractivity contribution in [2.75, 3.05) is 0 Å². The molecule has 2 N–H and O–H groups in total. The molecule has 0 spiro atoms. The molecule has 1 aliphatic carbocycles. The van der Waals surface area contributed by atoms with Gasteiger partial charge < -0.3 is 5.73 Å². The molecule has 1 nitrogen and oxygen atoms in total. The Hall–Kier alpha value is -0.820. The maximum absolute atomic E-state index is 5.86. The van der Waals surface area contributed by atoms with Crippen LogP contribution in [0.4, 0.5) is 0 Å². The number of benzene rings is 1. The SMILES string of the molecule is CC(C)(C)c1cccc([C@@H]2C[C@H]2N)c1. The third kappa shape index (κ3) is 1.83. The third-order valence-corrected chi connectivity index (χ3v) is 3.02. The molecular weight excluding hydrogens is 170 g/mol. The van der Waals surface area contributed by atoms with Gasteiger partial charge >= 0.3 is 0 Å². The van der Waals surface area contributed by atoms with Crippen molar-refractivity contribution in [3.63, 3.8) is 0 Å². The fourth-order valence-corrected chi connectivity index (χ4v) is 1.83. The largest absolute Gasteiger partial charge is 0.327 e. The normalized spacial score (nSPS) is 26.3.